The van der Waals surface area contributed by atoms with Crippen LogP contribution in [0.4, 0.5) is 0 Å². The van der Waals surface area contributed by atoms with Gasteiger partial charge in [-0.25, -0.2) is 9.78 Å². The summed E-state index contributed by atoms with van der Waals surface area (Å²) in [6, 6.07) is 8.66. The van der Waals surface area contributed by atoms with E-state index < -0.39 is 5.97 Å². The van der Waals surface area contributed by atoms with Gasteiger partial charge in [-0.2, -0.15) is 0 Å². The smallest absolute Gasteiger partial charge is 0.356 e. The summed E-state index contributed by atoms with van der Waals surface area (Å²) in [4.78, 5) is 27.0. The van der Waals surface area contributed by atoms with E-state index >= 15 is 0 Å². The summed E-state index contributed by atoms with van der Waals surface area (Å²) in [7, 11) is 1.30. The molecule has 0 radical (unpaired) electrons. The van der Waals surface area contributed by atoms with E-state index in [1.165, 1.54) is 14.0 Å². The van der Waals surface area contributed by atoms with E-state index in [1.807, 2.05) is 6.07 Å². The topological polar surface area (TPSA) is 56.3 Å². The van der Waals surface area contributed by atoms with Gasteiger partial charge in [-0.1, -0.05) is 18.2 Å². The average Bonchev–Trinajstić information content (AvgIpc) is 2.36. The van der Waals surface area contributed by atoms with Crippen LogP contribution < -0.4 is 0 Å². The number of nitrogens with zero attached hydrogens (tertiary/aromatic N) is 1. The van der Waals surface area contributed by atoms with E-state index in [0.29, 0.717) is 11.1 Å². The molecule has 0 fully saturated rings. The summed E-state index contributed by atoms with van der Waals surface area (Å²) in [6.07, 6.45) is 0. The average molecular weight is 229 g/mol. The number of ketones is 1. The lowest BCUT2D eigenvalue weighted by atomic mass is 10.1. The molecule has 2 aromatic rings. The fourth-order valence-electron chi connectivity index (χ4n) is 1.65. The number of carbonyl (C=O) groups excluding carboxylic acids is 2. The number of benzene rings is 1. The molecule has 0 unspecified atom stereocenters. The summed E-state index contributed by atoms with van der Waals surface area (Å²) in [5.41, 5.74) is 1.24. The van der Waals surface area contributed by atoms with Crippen molar-refractivity contribution in [2.45, 2.75) is 6.92 Å². The van der Waals surface area contributed by atoms with Gasteiger partial charge in [0.25, 0.3) is 0 Å². The van der Waals surface area contributed by atoms with E-state index in [-0.39, 0.29) is 11.5 Å². The molecule has 0 aliphatic rings. The zero-order valence-corrected chi connectivity index (χ0v) is 9.56. The van der Waals surface area contributed by atoms with Crippen LogP contribution in [-0.4, -0.2) is 23.8 Å². The minimum atomic E-state index is -0.509. The molecular weight excluding hydrogens is 218 g/mol. The molecule has 1 aromatic heterocycles. The first kappa shape index (κ1) is 11.3. The quantitative estimate of drug-likeness (QED) is 0.585. The molecule has 2 rings (SSSR count). The third kappa shape index (κ3) is 2.01. The van der Waals surface area contributed by atoms with Crippen LogP contribution in [0.25, 0.3) is 10.9 Å². The summed E-state index contributed by atoms with van der Waals surface area (Å²) < 4.78 is 4.60. The molecular formula is C13H11NO3. The van der Waals surface area contributed by atoms with Gasteiger partial charge in [0, 0.05) is 10.9 Å². The first-order valence-corrected chi connectivity index (χ1v) is 5.12. The van der Waals surface area contributed by atoms with Gasteiger partial charge in [-0.05, 0) is 19.1 Å². The summed E-state index contributed by atoms with van der Waals surface area (Å²) in [6.45, 7) is 1.47. The van der Waals surface area contributed by atoms with Crippen molar-refractivity contribution in [3.63, 3.8) is 0 Å². The molecule has 0 aliphatic carbocycles. The van der Waals surface area contributed by atoms with E-state index in [4.69, 9.17) is 0 Å². The summed E-state index contributed by atoms with van der Waals surface area (Å²) >= 11 is 0. The fourth-order valence-corrected chi connectivity index (χ4v) is 1.65. The lowest BCUT2D eigenvalue weighted by Crippen LogP contribution is -2.05. The highest BCUT2D eigenvalue weighted by Gasteiger charge is 2.11. The number of Topliss-reactive ketones (excluding diaryl/α,β-unsaturated/α-hetero) is 1. The van der Waals surface area contributed by atoms with Crippen molar-refractivity contribution in [1.29, 1.82) is 0 Å². The van der Waals surface area contributed by atoms with Gasteiger partial charge in [-0.15, -0.1) is 0 Å². The number of fused-ring (bicyclic) bond motifs is 1. The fraction of sp³-hybridized carbons (Fsp3) is 0.154. The molecule has 4 heteroatoms. The Labute approximate surface area is 98.2 Å². The standard InChI is InChI=1S/C13H11NO3/c1-8(15)10-5-3-4-9-6-7-11(13(16)17-2)14-12(9)10/h3-7H,1-2H3. The highest BCUT2D eigenvalue weighted by Crippen LogP contribution is 2.18. The SMILES string of the molecule is COC(=O)c1ccc2cccc(C(C)=O)c2n1. The number of pyridine rings is 1. The third-order valence-electron chi connectivity index (χ3n) is 2.49. The summed E-state index contributed by atoms with van der Waals surface area (Å²) in [5.74, 6) is -0.588. The Morgan fingerprint density at radius 3 is 2.59 bits per heavy atom. The number of rotatable bonds is 2. The minimum absolute atomic E-state index is 0.0786. The van der Waals surface area contributed by atoms with E-state index in [1.54, 1.807) is 24.3 Å². The van der Waals surface area contributed by atoms with Gasteiger partial charge in [0.15, 0.2) is 5.78 Å². The Morgan fingerprint density at radius 2 is 1.94 bits per heavy atom. The number of aromatic nitrogens is 1. The molecule has 0 saturated heterocycles. The molecule has 0 aliphatic heterocycles. The normalized spacial score (nSPS) is 10.2. The van der Waals surface area contributed by atoms with Crippen molar-refractivity contribution in [2.75, 3.05) is 7.11 Å². The van der Waals surface area contributed by atoms with Crippen LogP contribution in [0.3, 0.4) is 0 Å². The van der Waals surface area contributed by atoms with Crippen LogP contribution in [0.2, 0.25) is 0 Å². The Morgan fingerprint density at radius 1 is 1.18 bits per heavy atom. The van der Waals surface area contributed by atoms with Gasteiger partial charge in [0.2, 0.25) is 0 Å². The maximum Gasteiger partial charge on any atom is 0.356 e. The Balaban J connectivity index is 2.70. The van der Waals surface area contributed by atoms with Crippen LogP contribution in [-0.2, 0) is 4.74 Å². The number of hydrogen-bond acceptors (Lipinski definition) is 4. The lowest BCUT2D eigenvalue weighted by Gasteiger charge is -2.04. The van der Waals surface area contributed by atoms with Crippen molar-refractivity contribution >= 4 is 22.7 Å². The Bertz CT molecular complexity index is 605. The molecule has 0 atom stereocenters. The van der Waals surface area contributed by atoms with E-state index in [0.717, 1.165) is 5.39 Å². The monoisotopic (exact) mass is 229 g/mol. The molecule has 1 aromatic carbocycles. The van der Waals surface area contributed by atoms with Crippen molar-refractivity contribution < 1.29 is 14.3 Å². The number of carbonyl (C=O) groups is 2. The zero-order valence-electron chi connectivity index (χ0n) is 9.56. The molecule has 0 amide bonds. The van der Waals surface area contributed by atoms with Gasteiger partial charge in [-0.3, -0.25) is 4.79 Å². The highest BCUT2D eigenvalue weighted by molar-refractivity contribution is 6.06. The molecule has 4 nitrogen and oxygen atoms in total. The molecule has 0 spiro atoms. The lowest BCUT2D eigenvalue weighted by molar-refractivity contribution is 0.0594. The summed E-state index contributed by atoms with van der Waals surface area (Å²) in [5, 5.41) is 0.824. The molecule has 1 heterocycles. The second-order valence-electron chi connectivity index (χ2n) is 3.62. The predicted octanol–water partition coefficient (Wildman–Crippen LogP) is 2.22. The Hall–Kier alpha value is -2.23. The number of hydrogen-bond donors (Lipinski definition) is 0. The second-order valence-corrected chi connectivity index (χ2v) is 3.62. The van der Waals surface area contributed by atoms with E-state index in [2.05, 4.69) is 9.72 Å². The van der Waals surface area contributed by atoms with Crippen LogP contribution in [0.15, 0.2) is 30.3 Å². The molecule has 0 bridgehead atoms. The van der Waals surface area contributed by atoms with Crippen LogP contribution in [0.5, 0.6) is 0 Å². The number of esters is 1. The van der Waals surface area contributed by atoms with Gasteiger partial charge in [0.05, 0.1) is 12.6 Å². The largest absolute Gasteiger partial charge is 0.464 e. The first-order chi connectivity index (χ1) is 8.13. The molecule has 86 valence electrons. The van der Waals surface area contributed by atoms with Crippen molar-refractivity contribution in [1.82, 2.24) is 4.98 Å². The Kier molecular flexibility index (Phi) is 2.87. The zero-order chi connectivity index (χ0) is 12.4. The highest BCUT2D eigenvalue weighted by atomic mass is 16.5. The van der Waals surface area contributed by atoms with Crippen LogP contribution in [0.1, 0.15) is 27.8 Å². The van der Waals surface area contributed by atoms with Crippen molar-refractivity contribution in [3.05, 3.63) is 41.6 Å². The predicted molar refractivity (Wildman–Crippen MR) is 63.1 cm³/mol. The van der Waals surface area contributed by atoms with Gasteiger partial charge < -0.3 is 4.74 Å². The third-order valence-corrected chi connectivity index (χ3v) is 2.49. The van der Waals surface area contributed by atoms with Gasteiger partial charge >= 0.3 is 5.97 Å². The van der Waals surface area contributed by atoms with Gasteiger partial charge in [0.1, 0.15) is 5.69 Å². The van der Waals surface area contributed by atoms with Crippen LogP contribution in [0, 0.1) is 0 Å². The number of ether oxygens (including phenoxy) is 1. The maximum absolute atomic E-state index is 11.5. The van der Waals surface area contributed by atoms with Crippen LogP contribution >= 0.6 is 0 Å². The molecule has 0 N–H and O–H groups in total. The first-order valence-electron chi connectivity index (χ1n) is 5.12. The number of methoxy groups -OCH3 is 1. The maximum atomic E-state index is 11.5. The van der Waals surface area contributed by atoms with Crippen molar-refractivity contribution in [3.8, 4) is 0 Å². The number of para-hydroxylation sites is 1. The van der Waals surface area contributed by atoms with Crippen molar-refractivity contribution in [2.24, 2.45) is 0 Å². The molecule has 17 heavy (non-hydrogen) atoms. The second kappa shape index (κ2) is 4.33. The van der Waals surface area contributed by atoms with E-state index in [9.17, 15) is 9.59 Å². The minimum Gasteiger partial charge on any atom is -0.464 e. The molecule has 0 saturated carbocycles.